The van der Waals surface area contributed by atoms with Crippen molar-refractivity contribution in [3.63, 3.8) is 0 Å². The van der Waals surface area contributed by atoms with Crippen molar-refractivity contribution < 1.29 is 14.3 Å². The summed E-state index contributed by atoms with van der Waals surface area (Å²) in [5.41, 5.74) is 1.60. The van der Waals surface area contributed by atoms with E-state index in [4.69, 9.17) is 9.47 Å². The lowest BCUT2D eigenvalue weighted by atomic mass is 10.1. The van der Waals surface area contributed by atoms with Gasteiger partial charge in [-0.3, -0.25) is 9.78 Å². The molecule has 1 fully saturated rings. The Morgan fingerprint density at radius 1 is 1.20 bits per heavy atom. The van der Waals surface area contributed by atoms with E-state index >= 15 is 0 Å². The first kappa shape index (κ1) is 17.7. The number of aryl methyl sites for hydroxylation is 1. The van der Waals surface area contributed by atoms with Crippen molar-refractivity contribution in [1.29, 1.82) is 0 Å². The number of aromatic nitrogens is 1. The van der Waals surface area contributed by atoms with Crippen LogP contribution in [0.25, 0.3) is 0 Å². The first-order valence-corrected chi connectivity index (χ1v) is 9.08. The second-order valence-corrected chi connectivity index (χ2v) is 6.94. The number of ether oxygens (including phenoxy) is 2. The van der Waals surface area contributed by atoms with E-state index in [1.807, 2.05) is 36.1 Å². The predicted octanol–water partition coefficient (Wildman–Crippen LogP) is 3.84. The Morgan fingerprint density at radius 2 is 1.92 bits per heavy atom. The maximum atomic E-state index is 12.8. The summed E-state index contributed by atoms with van der Waals surface area (Å²) in [6.45, 7) is 3.30. The van der Waals surface area contributed by atoms with Gasteiger partial charge in [-0.2, -0.15) is 0 Å². The van der Waals surface area contributed by atoms with Gasteiger partial charge in [-0.1, -0.05) is 0 Å². The lowest BCUT2D eigenvalue weighted by Gasteiger charge is -2.32. The smallest absolute Gasteiger partial charge is 0.255 e. The maximum Gasteiger partial charge on any atom is 0.255 e. The van der Waals surface area contributed by atoms with Crippen molar-refractivity contribution in [2.45, 2.75) is 25.9 Å². The monoisotopic (exact) mass is 404 g/mol. The number of carbonyl (C=O) groups is 1. The lowest BCUT2D eigenvalue weighted by Crippen LogP contribution is -2.41. The molecule has 1 aromatic carbocycles. The summed E-state index contributed by atoms with van der Waals surface area (Å²) < 4.78 is 12.0. The molecule has 0 saturated carbocycles. The number of methoxy groups -OCH3 is 1. The molecule has 2 aromatic rings. The number of rotatable bonds is 4. The van der Waals surface area contributed by atoms with Gasteiger partial charge >= 0.3 is 0 Å². The summed E-state index contributed by atoms with van der Waals surface area (Å²) in [7, 11) is 1.60. The van der Waals surface area contributed by atoms with Gasteiger partial charge in [0.05, 0.1) is 18.9 Å². The molecule has 1 aliphatic heterocycles. The third kappa shape index (κ3) is 4.31. The second-order valence-electron chi connectivity index (χ2n) is 6.09. The molecular formula is C19H21BrN2O3. The van der Waals surface area contributed by atoms with Crippen LogP contribution in [0.5, 0.6) is 11.5 Å². The Labute approximate surface area is 156 Å². The zero-order valence-corrected chi connectivity index (χ0v) is 16.0. The summed E-state index contributed by atoms with van der Waals surface area (Å²) in [4.78, 5) is 18.9. The van der Waals surface area contributed by atoms with Crippen LogP contribution in [-0.4, -0.2) is 42.1 Å². The van der Waals surface area contributed by atoms with E-state index in [1.54, 1.807) is 19.4 Å². The molecule has 0 atom stereocenters. The lowest BCUT2D eigenvalue weighted by molar-refractivity contribution is 0.0593. The quantitative estimate of drug-likeness (QED) is 0.776. The molecule has 25 heavy (non-hydrogen) atoms. The van der Waals surface area contributed by atoms with E-state index < -0.39 is 0 Å². The minimum atomic E-state index is 0.0150. The molecule has 0 spiro atoms. The highest BCUT2D eigenvalue weighted by Crippen LogP contribution is 2.26. The van der Waals surface area contributed by atoms with Gasteiger partial charge in [-0.25, -0.2) is 0 Å². The predicted molar refractivity (Wildman–Crippen MR) is 99.2 cm³/mol. The molecule has 1 amide bonds. The molecule has 2 heterocycles. The van der Waals surface area contributed by atoms with Gasteiger partial charge < -0.3 is 14.4 Å². The van der Waals surface area contributed by atoms with Gasteiger partial charge in [0.1, 0.15) is 17.6 Å². The van der Waals surface area contributed by atoms with E-state index in [0.717, 1.165) is 28.8 Å². The average Bonchev–Trinajstić information content (AvgIpc) is 2.64. The molecule has 5 nitrogen and oxygen atoms in total. The molecule has 6 heteroatoms. The summed E-state index contributed by atoms with van der Waals surface area (Å²) in [5, 5.41) is 0. The minimum absolute atomic E-state index is 0.0150. The van der Waals surface area contributed by atoms with Crippen LogP contribution in [0.4, 0.5) is 0 Å². The molecule has 3 rings (SSSR count). The van der Waals surface area contributed by atoms with Gasteiger partial charge in [-0.05, 0) is 53.2 Å². The van der Waals surface area contributed by atoms with E-state index in [2.05, 4.69) is 20.9 Å². The molecule has 0 unspecified atom stereocenters. The Hall–Kier alpha value is -2.08. The number of nitrogens with zero attached hydrogens (tertiary/aromatic N) is 2. The summed E-state index contributed by atoms with van der Waals surface area (Å²) in [6, 6.07) is 9.32. The van der Waals surface area contributed by atoms with E-state index in [1.165, 1.54) is 0 Å². The average molecular weight is 405 g/mol. The molecule has 132 valence electrons. The molecule has 1 aromatic heterocycles. The SMILES string of the molecule is COc1ccc(Br)c(C(=O)N2CCC(Oc3ccc(C)nc3)CC2)c1. The zero-order chi connectivity index (χ0) is 17.8. The normalized spacial score (nSPS) is 15.1. The Balaban J connectivity index is 1.60. The second kappa shape index (κ2) is 7.87. The van der Waals surface area contributed by atoms with Gasteiger partial charge in [0.25, 0.3) is 5.91 Å². The van der Waals surface area contributed by atoms with Crippen molar-refractivity contribution in [1.82, 2.24) is 9.88 Å². The minimum Gasteiger partial charge on any atom is -0.497 e. The van der Waals surface area contributed by atoms with Crippen molar-refractivity contribution in [3.8, 4) is 11.5 Å². The molecule has 0 aliphatic carbocycles. The van der Waals surface area contributed by atoms with Crippen molar-refractivity contribution >= 4 is 21.8 Å². The van der Waals surface area contributed by atoms with E-state index in [-0.39, 0.29) is 12.0 Å². The van der Waals surface area contributed by atoms with Crippen LogP contribution in [0.1, 0.15) is 28.9 Å². The van der Waals surface area contributed by atoms with Gasteiger partial charge in [0, 0.05) is 36.1 Å². The largest absolute Gasteiger partial charge is 0.497 e. The Kier molecular flexibility index (Phi) is 5.58. The number of halogens is 1. The number of piperidine rings is 1. The third-order valence-electron chi connectivity index (χ3n) is 4.32. The third-order valence-corrected chi connectivity index (χ3v) is 5.01. The molecule has 0 radical (unpaired) electrons. The zero-order valence-electron chi connectivity index (χ0n) is 14.4. The summed E-state index contributed by atoms with van der Waals surface area (Å²) >= 11 is 3.45. The maximum absolute atomic E-state index is 12.8. The van der Waals surface area contributed by atoms with E-state index in [9.17, 15) is 4.79 Å². The number of pyridine rings is 1. The summed E-state index contributed by atoms with van der Waals surface area (Å²) in [5.74, 6) is 1.48. The first-order chi connectivity index (χ1) is 12.1. The molecule has 0 bridgehead atoms. The van der Waals surface area contributed by atoms with Crippen LogP contribution in [0.2, 0.25) is 0 Å². The number of carbonyl (C=O) groups excluding carboxylic acids is 1. The van der Waals surface area contributed by atoms with Gasteiger partial charge in [0.15, 0.2) is 0 Å². The highest BCUT2D eigenvalue weighted by atomic mass is 79.9. The van der Waals surface area contributed by atoms with Crippen LogP contribution in [0.15, 0.2) is 41.0 Å². The van der Waals surface area contributed by atoms with Gasteiger partial charge in [-0.15, -0.1) is 0 Å². The Morgan fingerprint density at radius 3 is 2.56 bits per heavy atom. The number of benzene rings is 1. The van der Waals surface area contributed by atoms with Crippen LogP contribution < -0.4 is 9.47 Å². The van der Waals surface area contributed by atoms with Crippen molar-refractivity contribution in [2.24, 2.45) is 0 Å². The first-order valence-electron chi connectivity index (χ1n) is 8.29. The van der Waals surface area contributed by atoms with Crippen LogP contribution in [0.3, 0.4) is 0 Å². The molecule has 1 saturated heterocycles. The van der Waals surface area contributed by atoms with Crippen LogP contribution >= 0.6 is 15.9 Å². The summed E-state index contributed by atoms with van der Waals surface area (Å²) in [6.07, 6.45) is 3.48. The molecule has 0 N–H and O–H groups in total. The van der Waals surface area contributed by atoms with Crippen molar-refractivity contribution in [3.05, 3.63) is 52.3 Å². The number of amides is 1. The topological polar surface area (TPSA) is 51.7 Å². The fraction of sp³-hybridized carbons (Fsp3) is 0.368. The van der Waals surface area contributed by atoms with E-state index in [0.29, 0.717) is 24.4 Å². The number of hydrogen-bond donors (Lipinski definition) is 0. The Bertz CT molecular complexity index is 741. The molecular weight excluding hydrogens is 384 g/mol. The van der Waals surface area contributed by atoms with Crippen LogP contribution in [0, 0.1) is 6.92 Å². The molecule has 1 aliphatic rings. The van der Waals surface area contributed by atoms with Crippen LogP contribution in [-0.2, 0) is 0 Å². The van der Waals surface area contributed by atoms with Gasteiger partial charge in [0.2, 0.25) is 0 Å². The highest BCUT2D eigenvalue weighted by molar-refractivity contribution is 9.10. The number of hydrogen-bond acceptors (Lipinski definition) is 4. The number of likely N-dealkylation sites (tertiary alicyclic amines) is 1. The fourth-order valence-corrected chi connectivity index (χ4v) is 3.27. The van der Waals surface area contributed by atoms with Crippen molar-refractivity contribution in [2.75, 3.05) is 20.2 Å². The highest BCUT2D eigenvalue weighted by Gasteiger charge is 2.26. The standard InChI is InChI=1S/C19H21BrN2O3/c1-13-3-4-16(12-21-13)25-14-7-9-22(10-8-14)19(23)17-11-15(24-2)5-6-18(17)20/h3-6,11-12,14H,7-10H2,1-2H3. The fourth-order valence-electron chi connectivity index (χ4n) is 2.86.